The number of allylic oxidation sites excluding steroid dienone is 1. The van der Waals surface area contributed by atoms with Crippen molar-refractivity contribution >= 4 is 11.5 Å². The smallest absolute Gasteiger partial charge is 0.158 e. The maximum absolute atomic E-state index is 5.51. The second-order valence-electron chi connectivity index (χ2n) is 5.03. The number of rotatable bonds is 6. The van der Waals surface area contributed by atoms with Crippen LogP contribution in [0.2, 0.25) is 0 Å². The molecule has 0 aromatic carbocycles. The summed E-state index contributed by atoms with van der Waals surface area (Å²) >= 11 is 0. The summed E-state index contributed by atoms with van der Waals surface area (Å²) in [5, 5.41) is 7.81. The lowest BCUT2D eigenvalue weighted by Crippen LogP contribution is -2.15. The Morgan fingerprint density at radius 1 is 1.47 bits per heavy atom. The molecule has 0 saturated heterocycles. The highest BCUT2D eigenvalue weighted by Crippen LogP contribution is 2.36. The predicted octanol–water partition coefficient (Wildman–Crippen LogP) is 1.61. The molecule has 2 aromatic heterocycles. The van der Waals surface area contributed by atoms with Gasteiger partial charge in [0.15, 0.2) is 11.5 Å². The molecule has 3 N–H and O–H groups in total. The third-order valence-electron chi connectivity index (χ3n) is 3.39. The zero-order chi connectivity index (χ0) is 13.2. The lowest BCUT2D eigenvalue weighted by atomic mass is 10.1. The lowest BCUT2D eigenvalue weighted by molar-refractivity contribution is 0.851. The Morgan fingerprint density at radius 2 is 2.32 bits per heavy atom. The summed E-state index contributed by atoms with van der Waals surface area (Å²) in [7, 11) is 0. The molecule has 0 atom stereocenters. The third kappa shape index (κ3) is 2.61. The minimum absolute atomic E-state index is 0.594. The highest BCUT2D eigenvalue weighted by Gasteiger charge is 2.25. The molecule has 2 heterocycles. The monoisotopic (exact) mass is 257 g/mol. The van der Waals surface area contributed by atoms with Crippen LogP contribution in [-0.2, 0) is 6.42 Å². The lowest BCUT2D eigenvalue weighted by Gasteiger charge is -2.05. The molecule has 1 saturated carbocycles. The number of nitrogens with zero attached hydrogens (tertiary/aromatic N) is 3. The Morgan fingerprint density at radius 3 is 3.05 bits per heavy atom. The second-order valence-corrected chi connectivity index (χ2v) is 5.03. The highest BCUT2D eigenvalue weighted by atomic mass is 15.3. The average molecular weight is 257 g/mol. The van der Waals surface area contributed by atoms with E-state index in [0.717, 1.165) is 30.3 Å². The van der Waals surface area contributed by atoms with Gasteiger partial charge in [0.25, 0.3) is 0 Å². The zero-order valence-electron chi connectivity index (χ0n) is 11.0. The van der Waals surface area contributed by atoms with Crippen LogP contribution < -0.4 is 11.1 Å². The molecule has 0 spiro atoms. The number of nitrogens with one attached hydrogen (secondary N) is 1. The second kappa shape index (κ2) is 5.01. The van der Waals surface area contributed by atoms with Crippen molar-refractivity contribution in [2.75, 3.05) is 18.4 Å². The first kappa shape index (κ1) is 12.2. The molecule has 5 nitrogen and oxygen atoms in total. The van der Waals surface area contributed by atoms with Crippen LogP contribution in [0.25, 0.3) is 5.65 Å². The molecule has 19 heavy (non-hydrogen) atoms. The van der Waals surface area contributed by atoms with Crippen LogP contribution >= 0.6 is 0 Å². The molecule has 3 rings (SSSR count). The van der Waals surface area contributed by atoms with Gasteiger partial charge in [-0.2, -0.15) is 4.52 Å². The van der Waals surface area contributed by atoms with Gasteiger partial charge in [0.05, 0.1) is 0 Å². The minimum Gasteiger partial charge on any atom is -0.369 e. The van der Waals surface area contributed by atoms with E-state index in [2.05, 4.69) is 22.0 Å². The number of anilines is 1. The molecule has 100 valence electrons. The van der Waals surface area contributed by atoms with E-state index in [0.29, 0.717) is 12.5 Å². The number of aromatic nitrogens is 3. The zero-order valence-corrected chi connectivity index (χ0v) is 11.0. The molecule has 0 bridgehead atoms. The molecular weight excluding hydrogens is 238 g/mol. The van der Waals surface area contributed by atoms with Gasteiger partial charge in [0.1, 0.15) is 5.82 Å². The maximum Gasteiger partial charge on any atom is 0.158 e. The molecule has 1 aliphatic rings. The maximum atomic E-state index is 5.51. The Kier molecular flexibility index (Phi) is 3.21. The van der Waals surface area contributed by atoms with Crippen molar-refractivity contribution in [1.82, 2.24) is 14.6 Å². The Balaban J connectivity index is 1.84. The summed E-state index contributed by atoms with van der Waals surface area (Å²) in [6.07, 6.45) is 3.33. The van der Waals surface area contributed by atoms with E-state index < -0.39 is 0 Å². The summed E-state index contributed by atoms with van der Waals surface area (Å²) in [6, 6.07) is 5.92. The topological polar surface area (TPSA) is 68.2 Å². The van der Waals surface area contributed by atoms with Gasteiger partial charge in [0, 0.05) is 19.5 Å². The van der Waals surface area contributed by atoms with Crippen molar-refractivity contribution in [2.24, 2.45) is 11.7 Å². The van der Waals surface area contributed by atoms with Crippen molar-refractivity contribution in [3.8, 4) is 0 Å². The van der Waals surface area contributed by atoms with E-state index in [1.54, 1.807) is 0 Å². The first-order valence-corrected chi connectivity index (χ1v) is 6.74. The Bertz CT molecular complexity index is 597. The molecule has 2 aromatic rings. The fourth-order valence-electron chi connectivity index (χ4n) is 2.20. The molecule has 5 heteroatoms. The molecule has 0 aliphatic heterocycles. The van der Waals surface area contributed by atoms with Crippen LogP contribution in [0.4, 0.5) is 5.82 Å². The fourth-order valence-corrected chi connectivity index (χ4v) is 2.20. The standard InChI is InChI=1S/C14H19N5/c1-10(11-5-6-11)9-12-17-14-4-2-3-13(16-8-7-15)19(14)18-12/h2-4,11,16H,1,5-9,15H2. The van der Waals surface area contributed by atoms with Gasteiger partial charge < -0.3 is 11.1 Å². The molecule has 1 fully saturated rings. The van der Waals surface area contributed by atoms with Gasteiger partial charge in [-0.05, 0) is 30.9 Å². The Hall–Kier alpha value is -1.88. The molecule has 0 amide bonds. The third-order valence-corrected chi connectivity index (χ3v) is 3.39. The van der Waals surface area contributed by atoms with Crippen LogP contribution in [0.5, 0.6) is 0 Å². The van der Waals surface area contributed by atoms with Crippen molar-refractivity contribution in [1.29, 1.82) is 0 Å². The van der Waals surface area contributed by atoms with Crippen molar-refractivity contribution in [3.05, 3.63) is 36.2 Å². The summed E-state index contributed by atoms with van der Waals surface area (Å²) < 4.78 is 1.84. The number of pyridine rings is 1. The van der Waals surface area contributed by atoms with Gasteiger partial charge in [0.2, 0.25) is 0 Å². The molecule has 0 unspecified atom stereocenters. The van der Waals surface area contributed by atoms with E-state index in [-0.39, 0.29) is 0 Å². The predicted molar refractivity (Wildman–Crippen MR) is 76.1 cm³/mol. The van der Waals surface area contributed by atoms with Gasteiger partial charge in [-0.3, -0.25) is 0 Å². The largest absolute Gasteiger partial charge is 0.369 e. The van der Waals surface area contributed by atoms with Crippen molar-refractivity contribution in [3.63, 3.8) is 0 Å². The van der Waals surface area contributed by atoms with Gasteiger partial charge in [-0.25, -0.2) is 4.98 Å². The summed E-state index contributed by atoms with van der Waals surface area (Å²) in [5.41, 5.74) is 7.63. The van der Waals surface area contributed by atoms with Crippen molar-refractivity contribution < 1.29 is 0 Å². The highest BCUT2D eigenvalue weighted by molar-refractivity contribution is 5.48. The quantitative estimate of drug-likeness (QED) is 0.771. The average Bonchev–Trinajstić information content (AvgIpc) is 3.17. The SMILES string of the molecule is C=C(Cc1nc2cccc(NCCN)n2n1)C1CC1. The molecule has 1 aliphatic carbocycles. The minimum atomic E-state index is 0.594. The Labute approximate surface area is 112 Å². The summed E-state index contributed by atoms with van der Waals surface area (Å²) in [5.74, 6) is 2.47. The summed E-state index contributed by atoms with van der Waals surface area (Å²) in [6.45, 7) is 5.45. The van der Waals surface area contributed by atoms with Crippen LogP contribution in [0.3, 0.4) is 0 Å². The van der Waals surface area contributed by atoms with Gasteiger partial charge >= 0.3 is 0 Å². The number of hydrogen-bond donors (Lipinski definition) is 2. The number of nitrogens with two attached hydrogens (primary N) is 1. The van der Waals surface area contributed by atoms with E-state index in [4.69, 9.17) is 5.73 Å². The molecular formula is C14H19N5. The van der Waals surface area contributed by atoms with Crippen LogP contribution in [-0.4, -0.2) is 27.7 Å². The van der Waals surface area contributed by atoms with Crippen LogP contribution in [0, 0.1) is 5.92 Å². The van der Waals surface area contributed by atoms with Crippen molar-refractivity contribution in [2.45, 2.75) is 19.3 Å². The van der Waals surface area contributed by atoms with Gasteiger partial charge in [-0.15, -0.1) is 5.10 Å². The van der Waals surface area contributed by atoms with Gasteiger partial charge in [-0.1, -0.05) is 18.2 Å². The van der Waals surface area contributed by atoms with Crippen LogP contribution in [0.1, 0.15) is 18.7 Å². The van der Waals surface area contributed by atoms with E-state index in [9.17, 15) is 0 Å². The first-order valence-electron chi connectivity index (χ1n) is 6.74. The first-order chi connectivity index (χ1) is 9.28. The number of hydrogen-bond acceptors (Lipinski definition) is 4. The number of fused-ring (bicyclic) bond motifs is 1. The van der Waals surface area contributed by atoms with E-state index in [1.165, 1.54) is 18.4 Å². The normalized spacial score (nSPS) is 14.8. The van der Waals surface area contributed by atoms with E-state index >= 15 is 0 Å². The van der Waals surface area contributed by atoms with E-state index in [1.807, 2.05) is 22.7 Å². The van der Waals surface area contributed by atoms with Crippen LogP contribution in [0.15, 0.2) is 30.4 Å². The molecule has 0 radical (unpaired) electrons. The fraction of sp³-hybridized carbons (Fsp3) is 0.429. The summed E-state index contributed by atoms with van der Waals surface area (Å²) in [4.78, 5) is 4.55.